The third-order valence-corrected chi connectivity index (χ3v) is 2.04. The van der Waals surface area contributed by atoms with Crippen LogP contribution in [-0.2, 0) is 9.53 Å². The van der Waals surface area contributed by atoms with Crippen molar-refractivity contribution in [1.29, 1.82) is 0 Å². The number of hydrogen-bond acceptors (Lipinski definition) is 5. The third kappa shape index (κ3) is 10.2. The molecule has 0 aromatic rings. The minimum atomic E-state index is -0.475. The molecule has 0 saturated carbocycles. The number of hydrogen-bond donors (Lipinski definition) is 2. The maximum atomic E-state index is 11.6. The first-order valence-electron chi connectivity index (χ1n) is 6.05. The van der Waals surface area contributed by atoms with E-state index in [9.17, 15) is 4.79 Å². The highest BCUT2D eigenvalue weighted by molar-refractivity contribution is 5.72. The molecule has 0 aromatic heterocycles. The Hall–Kier alpha value is -0.650. The van der Waals surface area contributed by atoms with Crippen molar-refractivity contribution in [2.75, 3.05) is 32.8 Å². The van der Waals surface area contributed by atoms with Crippen molar-refractivity contribution < 1.29 is 19.7 Å². The predicted octanol–water partition coefficient (Wildman–Crippen LogP) is 0.395. The van der Waals surface area contributed by atoms with Crippen LogP contribution < -0.4 is 0 Å². The highest BCUT2D eigenvalue weighted by Crippen LogP contribution is 2.07. The quantitative estimate of drug-likeness (QED) is 0.607. The van der Waals surface area contributed by atoms with Crippen molar-refractivity contribution in [1.82, 2.24) is 4.90 Å². The van der Waals surface area contributed by atoms with E-state index in [1.165, 1.54) is 0 Å². The molecule has 0 radical (unpaired) electrons. The van der Waals surface area contributed by atoms with Gasteiger partial charge in [0.15, 0.2) is 0 Å². The van der Waals surface area contributed by atoms with Crippen LogP contribution in [0.1, 0.15) is 33.6 Å². The Morgan fingerprint density at radius 2 is 1.59 bits per heavy atom. The van der Waals surface area contributed by atoms with Gasteiger partial charge in [0.1, 0.15) is 5.60 Å². The summed E-state index contributed by atoms with van der Waals surface area (Å²) in [6, 6.07) is 0. The van der Waals surface area contributed by atoms with E-state index < -0.39 is 5.60 Å². The Kier molecular flexibility index (Phi) is 8.12. The van der Waals surface area contributed by atoms with E-state index >= 15 is 0 Å². The fraction of sp³-hybridized carbons (Fsp3) is 0.917. The van der Waals surface area contributed by atoms with Gasteiger partial charge < -0.3 is 14.9 Å². The van der Waals surface area contributed by atoms with Gasteiger partial charge in [0.05, 0.1) is 6.54 Å². The zero-order valence-electron chi connectivity index (χ0n) is 11.1. The molecule has 0 atom stereocenters. The van der Waals surface area contributed by atoms with Crippen molar-refractivity contribution in [3.05, 3.63) is 0 Å². The molecule has 0 rings (SSSR count). The first kappa shape index (κ1) is 16.4. The smallest absolute Gasteiger partial charge is 0.320 e. The second kappa shape index (κ2) is 8.44. The summed E-state index contributed by atoms with van der Waals surface area (Å²) < 4.78 is 5.22. The molecule has 0 heterocycles. The second-order valence-corrected chi connectivity index (χ2v) is 5.02. The van der Waals surface area contributed by atoms with Crippen LogP contribution in [0.5, 0.6) is 0 Å². The zero-order valence-corrected chi connectivity index (χ0v) is 11.1. The van der Waals surface area contributed by atoms with Crippen LogP contribution in [0.15, 0.2) is 0 Å². The minimum absolute atomic E-state index is 0.101. The summed E-state index contributed by atoms with van der Waals surface area (Å²) >= 11 is 0. The predicted molar refractivity (Wildman–Crippen MR) is 65.7 cm³/mol. The van der Waals surface area contributed by atoms with E-state index in [1.807, 2.05) is 25.7 Å². The van der Waals surface area contributed by atoms with Crippen molar-refractivity contribution in [2.45, 2.75) is 39.2 Å². The molecule has 0 unspecified atom stereocenters. The molecule has 5 nitrogen and oxygen atoms in total. The van der Waals surface area contributed by atoms with Gasteiger partial charge in [-0.3, -0.25) is 9.69 Å². The van der Waals surface area contributed by atoms with Gasteiger partial charge in [-0.15, -0.1) is 0 Å². The number of nitrogens with zero attached hydrogens (tertiary/aromatic N) is 1. The van der Waals surface area contributed by atoms with Crippen LogP contribution in [-0.4, -0.2) is 59.5 Å². The van der Waals surface area contributed by atoms with E-state index in [-0.39, 0.29) is 25.7 Å². The van der Waals surface area contributed by atoms with E-state index in [1.54, 1.807) is 0 Å². The molecule has 102 valence electrons. The van der Waals surface area contributed by atoms with Gasteiger partial charge in [0.2, 0.25) is 0 Å². The average molecular weight is 247 g/mol. The molecule has 0 saturated heterocycles. The molecule has 5 heteroatoms. The average Bonchev–Trinajstić information content (AvgIpc) is 2.19. The van der Waals surface area contributed by atoms with Gasteiger partial charge in [-0.25, -0.2) is 0 Å². The van der Waals surface area contributed by atoms with Crippen molar-refractivity contribution in [3.63, 3.8) is 0 Å². The van der Waals surface area contributed by atoms with Crippen LogP contribution in [0.25, 0.3) is 0 Å². The number of carbonyl (C=O) groups excluding carboxylic acids is 1. The Balaban J connectivity index is 4.07. The summed E-state index contributed by atoms with van der Waals surface area (Å²) in [5, 5.41) is 17.5. The number of rotatable bonds is 8. The summed E-state index contributed by atoms with van der Waals surface area (Å²) in [5.74, 6) is -0.270. The maximum absolute atomic E-state index is 11.6. The monoisotopic (exact) mass is 247 g/mol. The number of ether oxygens (including phenoxy) is 1. The van der Waals surface area contributed by atoms with Crippen LogP contribution >= 0.6 is 0 Å². The molecule has 0 aliphatic rings. The molecule has 2 N–H and O–H groups in total. The van der Waals surface area contributed by atoms with Gasteiger partial charge in [-0.2, -0.15) is 0 Å². The highest BCUT2D eigenvalue weighted by Gasteiger charge is 2.18. The molecule has 17 heavy (non-hydrogen) atoms. The van der Waals surface area contributed by atoms with Crippen molar-refractivity contribution in [2.24, 2.45) is 0 Å². The van der Waals surface area contributed by atoms with Crippen LogP contribution in [0.3, 0.4) is 0 Å². The molecule has 0 aliphatic heterocycles. The van der Waals surface area contributed by atoms with E-state index in [0.717, 1.165) is 0 Å². The normalized spacial score (nSPS) is 11.9. The largest absolute Gasteiger partial charge is 0.459 e. The number of esters is 1. The van der Waals surface area contributed by atoms with Gasteiger partial charge in [-0.1, -0.05) is 0 Å². The lowest BCUT2D eigenvalue weighted by Gasteiger charge is -2.24. The van der Waals surface area contributed by atoms with E-state index in [4.69, 9.17) is 14.9 Å². The SMILES string of the molecule is CC(C)(C)OC(=O)CN(CCCO)CCCO. The number of carbonyl (C=O) groups is 1. The Bertz CT molecular complexity index is 205. The topological polar surface area (TPSA) is 70.0 Å². The first-order chi connectivity index (χ1) is 7.89. The summed E-state index contributed by atoms with van der Waals surface area (Å²) in [6.07, 6.45) is 1.24. The molecule has 0 spiro atoms. The van der Waals surface area contributed by atoms with Crippen molar-refractivity contribution in [3.8, 4) is 0 Å². The van der Waals surface area contributed by atoms with Crippen molar-refractivity contribution >= 4 is 5.97 Å². The van der Waals surface area contributed by atoms with E-state index in [2.05, 4.69) is 0 Å². The molecule has 0 bridgehead atoms. The molecule has 0 fully saturated rings. The summed E-state index contributed by atoms with van der Waals surface area (Å²) in [4.78, 5) is 13.5. The lowest BCUT2D eigenvalue weighted by molar-refractivity contribution is -0.156. The molecular formula is C12H25NO4. The molecule has 0 aromatic carbocycles. The summed E-state index contributed by atoms with van der Waals surface area (Å²) in [7, 11) is 0. The fourth-order valence-electron chi connectivity index (χ4n) is 1.41. The maximum Gasteiger partial charge on any atom is 0.320 e. The number of aliphatic hydroxyl groups excluding tert-OH is 2. The number of aliphatic hydroxyl groups is 2. The van der Waals surface area contributed by atoms with Gasteiger partial charge in [0.25, 0.3) is 0 Å². The molecular weight excluding hydrogens is 222 g/mol. The fourth-order valence-corrected chi connectivity index (χ4v) is 1.41. The highest BCUT2D eigenvalue weighted by atomic mass is 16.6. The van der Waals surface area contributed by atoms with Crippen LogP contribution in [0.2, 0.25) is 0 Å². The van der Waals surface area contributed by atoms with Gasteiger partial charge in [-0.05, 0) is 33.6 Å². The zero-order chi connectivity index (χ0) is 13.3. The Labute approximate surface area is 103 Å². The van der Waals surface area contributed by atoms with Crippen LogP contribution in [0.4, 0.5) is 0 Å². The Morgan fingerprint density at radius 1 is 1.12 bits per heavy atom. The molecule has 0 amide bonds. The molecule has 0 aliphatic carbocycles. The van der Waals surface area contributed by atoms with Gasteiger partial charge in [0, 0.05) is 26.3 Å². The summed E-state index contributed by atoms with van der Waals surface area (Å²) in [5.41, 5.74) is -0.475. The lowest BCUT2D eigenvalue weighted by Crippen LogP contribution is -2.36. The summed E-state index contributed by atoms with van der Waals surface area (Å²) in [6.45, 7) is 7.17. The Morgan fingerprint density at radius 3 is 1.94 bits per heavy atom. The van der Waals surface area contributed by atoms with Crippen LogP contribution in [0, 0.1) is 0 Å². The third-order valence-electron chi connectivity index (χ3n) is 2.04. The van der Waals surface area contributed by atoms with Gasteiger partial charge >= 0.3 is 5.97 Å². The van der Waals surface area contributed by atoms with E-state index in [0.29, 0.717) is 25.9 Å². The standard InChI is InChI=1S/C12H25NO4/c1-12(2,3)17-11(16)10-13(6-4-8-14)7-5-9-15/h14-15H,4-10H2,1-3H3. The minimum Gasteiger partial charge on any atom is -0.459 e. The lowest BCUT2D eigenvalue weighted by atomic mass is 10.2. The first-order valence-corrected chi connectivity index (χ1v) is 6.05. The second-order valence-electron chi connectivity index (χ2n) is 5.02.